The van der Waals surface area contributed by atoms with Crippen molar-refractivity contribution in [2.24, 2.45) is 5.73 Å². The van der Waals surface area contributed by atoms with E-state index in [9.17, 15) is 9.59 Å². The van der Waals surface area contributed by atoms with Crippen LogP contribution in [0.4, 0.5) is 0 Å². The summed E-state index contributed by atoms with van der Waals surface area (Å²) in [5.41, 5.74) is 5.97. The fourth-order valence-corrected chi connectivity index (χ4v) is 2.71. The number of likely N-dealkylation sites (tertiary alicyclic amines) is 1. The Morgan fingerprint density at radius 1 is 1.35 bits per heavy atom. The lowest BCUT2D eigenvalue weighted by molar-refractivity contribution is -0.135. The van der Waals surface area contributed by atoms with E-state index in [2.05, 4.69) is 5.32 Å². The maximum absolute atomic E-state index is 12.2. The minimum atomic E-state index is 0.0205. The lowest BCUT2D eigenvalue weighted by atomic mass is 9.96. The molecular weight excluding hydrogens is 254 g/mol. The van der Waals surface area contributed by atoms with Gasteiger partial charge in [-0.15, -0.1) is 0 Å². The molecule has 20 heavy (non-hydrogen) atoms. The molecule has 116 valence electrons. The van der Waals surface area contributed by atoms with Gasteiger partial charge in [-0.1, -0.05) is 6.92 Å². The zero-order valence-corrected chi connectivity index (χ0v) is 12.9. The van der Waals surface area contributed by atoms with Crippen molar-refractivity contribution >= 4 is 11.8 Å². The Bertz CT molecular complexity index is 318. The van der Waals surface area contributed by atoms with Crippen LogP contribution in [0.2, 0.25) is 0 Å². The first-order valence-electron chi connectivity index (χ1n) is 7.88. The van der Waals surface area contributed by atoms with Gasteiger partial charge in [-0.3, -0.25) is 9.59 Å². The highest BCUT2D eigenvalue weighted by Crippen LogP contribution is 2.20. The minimum absolute atomic E-state index is 0.0205. The van der Waals surface area contributed by atoms with E-state index in [0.29, 0.717) is 25.8 Å². The largest absolute Gasteiger partial charge is 0.356 e. The van der Waals surface area contributed by atoms with Gasteiger partial charge in [0.05, 0.1) is 0 Å². The number of hydrogen-bond donors (Lipinski definition) is 2. The van der Waals surface area contributed by atoms with Crippen molar-refractivity contribution in [1.29, 1.82) is 0 Å². The molecule has 5 nitrogen and oxygen atoms in total. The van der Waals surface area contributed by atoms with Crippen LogP contribution in [0.1, 0.15) is 58.8 Å². The molecule has 2 unspecified atom stereocenters. The molecule has 1 rings (SSSR count). The van der Waals surface area contributed by atoms with E-state index in [-0.39, 0.29) is 23.9 Å². The lowest BCUT2D eigenvalue weighted by Gasteiger charge is -2.38. The summed E-state index contributed by atoms with van der Waals surface area (Å²) in [6.45, 7) is 5.52. The first-order valence-corrected chi connectivity index (χ1v) is 7.88. The molecule has 0 saturated carbocycles. The number of carbonyl (C=O) groups is 2. The van der Waals surface area contributed by atoms with E-state index >= 15 is 0 Å². The van der Waals surface area contributed by atoms with Crippen LogP contribution in [0.5, 0.6) is 0 Å². The van der Waals surface area contributed by atoms with E-state index < -0.39 is 0 Å². The molecule has 3 N–H and O–H groups in total. The molecule has 0 radical (unpaired) electrons. The highest BCUT2D eigenvalue weighted by Gasteiger charge is 2.28. The number of nitrogens with one attached hydrogen (secondary N) is 1. The lowest BCUT2D eigenvalue weighted by Crippen LogP contribution is -2.51. The molecule has 0 spiro atoms. The van der Waals surface area contributed by atoms with Crippen molar-refractivity contribution in [3.63, 3.8) is 0 Å². The summed E-state index contributed by atoms with van der Waals surface area (Å²) < 4.78 is 0. The van der Waals surface area contributed by atoms with Gasteiger partial charge in [0.25, 0.3) is 0 Å². The van der Waals surface area contributed by atoms with Crippen LogP contribution in [-0.4, -0.2) is 41.9 Å². The first kappa shape index (κ1) is 17.0. The molecule has 1 aliphatic rings. The maximum Gasteiger partial charge on any atom is 0.222 e. The first-order chi connectivity index (χ1) is 9.56. The van der Waals surface area contributed by atoms with E-state index in [4.69, 9.17) is 5.73 Å². The zero-order chi connectivity index (χ0) is 15.0. The quantitative estimate of drug-likeness (QED) is 0.742. The van der Waals surface area contributed by atoms with Crippen LogP contribution in [-0.2, 0) is 9.59 Å². The second-order valence-electron chi connectivity index (χ2n) is 5.71. The van der Waals surface area contributed by atoms with E-state index in [1.807, 2.05) is 18.7 Å². The fraction of sp³-hybridized carbons (Fsp3) is 0.867. The Kier molecular flexibility index (Phi) is 7.59. The third-order valence-electron chi connectivity index (χ3n) is 3.84. The molecule has 1 saturated heterocycles. The van der Waals surface area contributed by atoms with Crippen LogP contribution in [0.3, 0.4) is 0 Å². The third kappa shape index (κ3) is 5.49. The summed E-state index contributed by atoms with van der Waals surface area (Å²) in [6.07, 6.45) is 5.65. The second-order valence-corrected chi connectivity index (χ2v) is 5.71. The summed E-state index contributed by atoms with van der Waals surface area (Å²) in [5.74, 6) is 0.192. The minimum Gasteiger partial charge on any atom is -0.356 e. The number of amides is 2. The predicted molar refractivity (Wildman–Crippen MR) is 80.2 cm³/mol. The number of rotatable bonds is 7. The zero-order valence-electron chi connectivity index (χ0n) is 12.9. The number of hydrogen-bond acceptors (Lipinski definition) is 3. The summed E-state index contributed by atoms with van der Waals surface area (Å²) in [7, 11) is 0. The molecule has 0 aliphatic carbocycles. The van der Waals surface area contributed by atoms with E-state index in [1.165, 1.54) is 0 Å². The number of nitrogens with two attached hydrogens (primary N) is 1. The van der Waals surface area contributed by atoms with Gasteiger partial charge in [0.15, 0.2) is 0 Å². The maximum atomic E-state index is 12.2. The standard InChI is InChI=1S/C15H29N3O2/c1-3-10-17-14(19)8-6-9-15(20)18-11-5-4-7-13(18)12(2)16/h12-13H,3-11,16H2,1-2H3,(H,17,19). The topological polar surface area (TPSA) is 75.4 Å². The Labute approximate surface area is 122 Å². The van der Waals surface area contributed by atoms with Crippen LogP contribution in [0, 0.1) is 0 Å². The van der Waals surface area contributed by atoms with Crippen LogP contribution < -0.4 is 11.1 Å². The summed E-state index contributed by atoms with van der Waals surface area (Å²) in [5, 5.41) is 2.83. The molecule has 2 amide bonds. The summed E-state index contributed by atoms with van der Waals surface area (Å²) in [4.78, 5) is 25.7. The van der Waals surface area contributed by atoms with Crippen molar-refractivity contribution in [2.75, 3.05) is 13.1 Å². The third-order valence-corrected chi connectivity index (χ3v) is 3.84. The van der Waals surface area contributed by atoms with Gasteiger partial charge < -0.3 is 16.0 Å². The molecule has 0 aromatic carbocycles. The Balaban J connectivity index is 2.32. The highest BCUT2D eigenvalue weighted by molar-refractivity contribution is 5.79. The molecule has 0 bridgehead atoms. The Morgan fingerprint density at radius 2 is 2.10 bits per heavy atom. The highest BCUT2D eigenvalue weighted by atomic mass is 16.2. The summed E-state index contributed by atoms with van der Waals surface area (Å²) >= 11 is 0. The molecular formula is C15H29N3O2. The molecule has 0 aromatic rings. The number of carbonyl (C=O) groups excluding carboxylic acids is 2. The normalized spacial score (nSPS) is 20.6. The van der Waals surface area contributed by atoms with Crippen LogP contribution >= 0.6 is 0 Å². The van der Waals surface area contributed by atoms with Gasteiger partial charge in [-0.05, 0) is 39.0 Å². The van der Waals surface area contributed by atoms with E-state index in [0.717, 1.165) is 32.2 Å². The van der Waals surface area contributed by atoms with Crippen LogP contribution in [0.25, 0.3) is 0 Å². The fourth-order valence-electron chi connectivity index (χ4n) is 2.71. The number of piperidine rings is 1. The van der Waals surface area contributed by atoms with E-state index in [1.54, 1.807) is 0 Å². The van der Waals surface area contributed by atoms with Gasteiger partial charge in [0, 0.05) is 38.0 Å². The van der Waals surface area contributed by atoms with Gasteiger partial charge in [-0.2, -0.15) is 0 Å². The monoisotopic (exact) mass is 283 g/mol. The average Bonchev–Trinajstić information content (AvgIpc) is 2.44. The van der Waals surface area contributed by atoms with Gasteiger partial charge >= 0.3 is 0 Å². The SMILES string of the molecule is CCCNC(=O)CCCC(=O)N1CCCCC1C(C)N. The molecule has 0 aromatic heterocycles. The summed E-state index contributed by atoms with van der Waals surface area (Å²) in [6, 6.07) is 0.192. The van der Waals surface area contributed by atoms with Crippen molar-refractivity contribution in [1.82, 2.24) is 10.2 Å². The predicted octanol–water partition coefficient (Wildman–Crippen LogP) is 1.41. The molecule has 5 heteroatoms. The molecule has 1 fully saturated rings. The van der Waals surface area contributed by atoms with Crippen molar-refractivity contribution in [3.05, 3.63) is 0 Å². The van der Waals surface area contributed by atoms with Gasteiger partial charge in [0.1, 0.15) is 0 Å². The van der Waals surface area contributed by atoms with Crippen molar-refractivity contribution in [2.45, 2.75) is 70.9 Å². The Morgan fingerprint density at radius 3 is 2.75 bits per heavy atom. The van der Waals surface area contributed by atoms with Crippen molar-refractivity contribution in [3.8, 4) is 0 Å². The molecule has 1 heterocycles. The average molecular weight is 283 g/mol. The van der Waals surface area contributed by atoms with Crippen LogP contribution in [0.15, 0.2) is 0 Å². The smallest absolute Gasteiger partial charge is 0.222 e. The number of nitrogens with zero attached hydrogens (tertiary/aromatic N) is 1. The Hall–Kier alpha value is -1.10. The molecule has 2 atom stereocenters. The van der Waals surface area contributed by atoms with Gasteiger partial charge in [0.2, 0.25) is 11.8 Å². The molecule has 1 aliphatic heterocycles. The second kappa shape index (κ2) is 8.95. The van der Waals surface area contributed by atoms with Crippen molar-refractivity contribution < 1.29 is 9.59 Å². The van der Waals surface area contributed by atoms with Gasteiger partial charge in [-0.25, -0.2) is 0 Å².